The Balaban J connectivity index is 0.000000177. The number of carboxylic acid groups (broad SMARTS) is 1. The minimum absolute atomic E-state index is 0.0321. The van der Waals surface area contributed by atoms with Crippen LogP contribution in [0.2, 0.25) is 0 Å². The van der Waals surface area contributed by atoms with E-state index < -0.39 is 32.7 Å². The molecule has 4 bridgehead atoms. The van der Waals surface area contributed by atoms with Gasteiger partial charge in [-0.25, -0.2) is 6.57 Å². The zero-order valence-electron chi connectivity index (χ0n) is 43.6. The Hall–Kier alpha value is -4.81. The molecule has 18 heteroatoms. The third-order valence-electron chi connectivity index (χ3n) is 17.9. The van der Waals surface area contributed by atoms with E-state index in [0.717, 1.165) is 44.3 Å². The first-order valence-corrected chi connectivity index (χ1v) is 26.6. The van der Waals surface area contributed by atoms with Crippen molar-refractivity contribution in [1.29, 1.82) is 5.26 Å². The van der Waals surface area contributed by atoms with Gasteiger partial charge in [-0.2, -0.15) is 5.26 Å². The number of nitrogens with zero attached hydrogens (tertiary/aromatic N) is 3. The SMILES string of the molecule is CC1(C)[C@@H]2C[C@H]3OB([C@H](Cc4ccccc4)NC(=O)C[C@@H]4CCCCO4)O[C@@]3(C)[C@H]1C2.N#CCC(=O)O.[C-]#[N+]CC(=O)N1CCO[C@H](CC(=O)N[C@@H](Cc2ccccc2)B2O[C@@H]3C[C@@H]4C[C@@H](C4(C)C)[C@]3(C)O2)C1. The van der Waals surface area contributed by atoms with Crippen molar-refractivity contribution in [3.63, 3.8) is 0 Å². The van der Waals surface area contributed by atoms with Gasteiger partial charge < -0.3 is 53.6 Å². The van der Waals surface area contributed by atoms with E-state index in [-0.39, 0.29) is 77.5 Å². The van der Waals surface area contributed by atoms with Crippen LogP contribution < -0.4 is 10.6 Å². The van der Waals surface area contributed by atoms with E-state index in [0.29, 0.717) is 68.0 Å². The Labute approximate surface area is 432 Å². The van der Waals surface area contributed by atoms with Crippen LogP contribution >= 0.6 is 0 Å². The number of nitrogens with one attached hydrogen (secondary N) is 2. The number of carboxylic acids is 1. The average molecular weight is 1000 g/mol. The molecular weight excluding hydrogens is 928 g/mol. The zero-order chi connectivity index (χ0) is 52.1. The standard InChI is InChI=1S/C27H36BN3O5.C25H36BNO4.C3H3NO2/c1-26(2)19-13-21(26)27(3)22(14-19)35-28(36-27)23(12-18-8-6-5-7-9-18)30-24(32)15-20-17-31(10-11-34-20)25(33)16-29-4;1-24(2)18-14-20(24)25(3)21(15-18)30-26(31-25)22(13-17-9-5-4-6-10-17)27-23(28)16-19-11-7-8-12-29-19;4-2-1-3(5)6/h5-9,19-23H,10-17H2,1-3H3,(H,30,32);4-6,9-10,18-22H,7-8,11-16H2,1-3H3,(H,27,28);1H2,(H,5,6)/t19-,20+,21-,22+,23-,27-;18-,19-,20-,21+,22-,25-;/m00./s1. The number of amides is 3. The number of ether oxygens (including phenoxy) is 2. The van der Waals surface area contributed by atoms with Crippen molar-refractivity contribution < 1.29 is 52.4 Å². The largest absolute Gasteiger partial charge is 0.482 e. The van der Waals surface area contributed by atoms with Gasteiger partial charge in [0.1, 0.15) is 6.42 Å². The monoisotopic (exact) mass is 1000 g/mol. The summed E-state index contributed by atoms with van der Waals surface area (Å²) < 4.78 is 38.0. The quantitative estimate of drug-likeness (QED) is 0.138. The average Bonchev–Trinajstić information content (AvgIpc) is 3.92. The smallest absolute Gasteiger partial charge is 0.480 e. The molecule has 6 saturated carbocycles. The van der Waals surface area contributed by atoms with Gasteiger partial charge in [-0.3, -0.25) is 19.2 Å². The molecular formula is C55H75B2N5O11. The fourth-order valence-corrected chi connectivity index (χ4v) is 13.5. The summed E-state index contributed by atoms with van der Waals surface area (Å²) in [7, 11) is -0.940. The molecule has 73 heavy (non-hydrogen) atoms. The van der Waals surface area contributed by atoms with E-state index in [2.05, 4.69) is 69.2 Å². The lowest BCUT2D eigenvalue weighted by molar-refractivity contribution is -0.199. The molecule has 3 amide bonds. The fraction of sp³-hybridized carbons (Fsp3) is 0.673. The lowest BCUT2D eigenvalue weighted by atomic mass is 9.43. The summed E-state index contributed by atoms with van der Waals surface area (Å²) in [6.07, 6.45) is 8.87. The highest BCUT2D eigenvalue weighted by atomic mass is 16.7. The van der Waals surface area contributed by atoms with Gasteiger partial charge in [-0.1, -0.05) is 88.4 Å². The summed E-state index contributed by atoms with van der Waals surface area (Å²) in [6, 6.07) is 21.8. The summed E-state index contributed by atoms with van der Waals surface area (Å²) in [5.41, 5.74) is 2.22. The Morgan fingerprint density at radius 1 is 0.753 bits per heavy atom. The number of carbonyl (C=O) groups is 4. The minimum atomic E-state index is -1.07. The molecule has 12 atom stereocenters. The Morgan fingerprint density at radius 2 is 1.25 bits per heavy atom. The number of nitriles is 1. The van der Waals surface area contributed by atoms with Gasteiger partial charge in [0.25, 0.3) is 6.54 Å². The maximum absolute atomic E-state index is 13.2. The predicted octanol–water partition coefficient (Wildman–Crippen LogP) is 6.44. The van der Waals surface area contributed by atoms with Gasteiger partial charge in [-0.15, -0.1) is 0 Å². The van der Waals surface area contributed by atoms with Crippen molar-refractivity contribution in [3.8, 4) is 6.07 Å². The van der Waals surface area contributed by atoms with Crippen LogP contribution in [0.25, 0.3) is 4.85 Å². The zero-order valence-corrected chi connectivity index (χ0v) is 43.6. The molecule has 0 unspecified atom stereocenters. The molecule has 4 saturated heterocycles. The molecule has 0 radical (unpaired) electrons. The van der Waals surface area contributed by atoms with Crippen LogP contribution in [0.4, 0.5) is 0 Å². The second kappa shape index (κ2) is 23.0. The second-order valence-electron chi connectivity index (χ2n) is 23.2. The lowest BCUT2D eigenvalue weighted by Gasteiger charge is -2.64. The van der Waals surface area contributed by atoms with Crippen LogP contribution in [0.3, 0.4) is 0 Å². The van der Waals surface area contributed by atoms with Crippen molar-refractivity contribution >= 4 is 37.9 Å². The van der Waals surface area contributed by atoms with Crippen LogP contribution in [0.1, 0.15) is 117 Å². The first-order valence-electron chi connectivity index (χ1n) is 26.6. The molecule has 6 aliphatic carbocycles. The number of morpholine rings is 1. The van der Waals surface area contributed by atoms with E-state index in [4.69, 9.17) is 45.0 Å². The third-order valence-corrected chi connectivity index (χ3v) is 17.9. The van der Waals surface area contributed by atoms with E-state index in [1.165, 1.54) is 24.5 Å². The van der Waals surface area contributed by atoms with Crippen molar-refractivity contribution in [2.24, 2.45) is 34.5 Å². The molecule has 10 fully saturated rings. The van der Waals surface area contributed by atoms with Crippen molar-refractivity contribution in [1.82, 2.24) is 15.5 Å². The predicted molar refractivity (Wildman–Crippen MR) is 273 cm³/mol. The fourth-order valence-electron chi connectivity index (χ4n) is 13.5. The van der Waals surface area contributed by atoms with E-state index in [9.17, 15) is 19.2 Å². The minimum Gasteiger partial charge on any atom is -0.480 e. The summed E-state index contributed by atoms with van der Waals surface area (Å²) in [5, 5.41) is 21.7. The maximum atomic E-state index is 13.2. The molecule has 392 valence electrons. The molecule has 16 nitrogen and oxygen atoms in total. The van der Waals surface area contributed by atoms with Crippen LogP contribution in [-0.2, 0) is 60.1 Å². The molecule has 10 aliphatic rings. The Kier molecular flexibility index (Phi) is 17.1. The second-order valence-corrected chi connectivity index (χ2v) is 23.2. The van der Waals surface area contributed by atoms with Gasteiger partial charge in [0.2, 0.25) is 11.8 Å². The van der Waals surface area contributed by atoms with Crippen LogP contribution in [-0.4, -0.2) is 128 Å². The van der Waals surface area contributed by atoms with Crippen LogP contribution in [0.5, 0.6) is 0 Å². The molecule has 12 rings (SSSR count). The van der Waals surface area contributed by atoms with Gasteiger partial charge in [-0.05, 0) is 117 Å². The number of aliphatic carboxylic acids is 1. The van der Waals surface area contributed by atoms with E-state index in [1.807, 2.05) is 48.5 Å². The normalized spacial score (nSPS) is 32.6. The highest BCUT2D eigenvalue weighted by Crippen LogP contribution is 2.67. The van der Waals surface area contributed by atoms with Gasteiger partial charge in [0.15, 0.2) is 0 Å². The molecule has 0 aromatic heterocycles. The van der Waals surface area contributed by atoms with Crippen molar-refractivity contribution in [2.45, 2.75) is 166 Å². The number of rotatable bonds is 14. The third kappa shape index (κ3) is 12.2. The lowest BCUT2D eigenvalue weighted by Crippen LogP contribution is -2.65. The molecule has 4 heterocycles. The highest BCUT2D eigenvalue weighted by Gasteiger charge is 2.70. The van der Waals surface area contributed by atoms with Crippen LogP contribution in [0, 0.1) is 52.4 Å². The number of carbonyl (C=O) groups excluding carboxylic acids is 3. The van der Waals surface area contributed by atoms with Gasteiger partial charge >= 0.3 is 26.1 Å². The molecule has 3 N–H and O–H groups in total. The molecule has 2 aromatic carbocycles. The highest BCUT2D eigenvalue weighted by molar-refractivity contribution is 6.48. The van der Waals surface area contributed by atoms with E-state index in [1.54, 1.807) is 4.90 Å². The summed E-state index contributed by atoms with van der Waals surface area (Å²) in [4.78, 5) is 52.4. The topological polar surface area (TPSA) is 199 Å². The van der Waals surface area contributed by atoms with Gasteiger partial charge in [0.05, 0.1) is 73.0 Å². The summed E-state index contributed by atoms with van der Waals surface area (Å²) >= 11 is 0. The molecule has 0 spiro atoms. The first-order chi connectivity index (χ1) is 34.8. The number of benzene rings is 2. The number of hydrogen-bond acceptors (Lipinski definition) is 11. The maximum Gasteiger partial charge on any atom is 0.482 e. The van der Waals surface area contributed by atoms with Crippen molar-refractivity contribution in [2.75, 3.05) is 32.8 Å². The van der Waals surface area contributed by atoms with Crippen LogP contribution in [0.15, 0.2) is 60.7 Å². The summed E-state index contributed by atoms with van der Waals surface area (Å²) in [5.74, 6) is 0.363. The Morgan fingerprint density at radius 3 is 1.67 bits per heavy atom. The first kappa shape index (κ1) is 54.5. The summed E-state index contributed by atoms with van der Waals surface area (Å²) in [6.45, 7) is 22.5. The molecule has 2 aromatic rings. The number of hydrogen-bond donors (Lipinski definition) is 3. The Bertz CT molecular complexity index is 2350. The molecule has 4 aliphatic heterocycles. The van der Waals surface area contributed by atoms with Gasteiger partial charge in [0, 0.05) is 19.7 Å². The van der Waals surface area contributed by atoms with E-state index >= 15 is 0 Å². The van der Waals surface area contributed by atoms with Crippen molar-refractivity contribution in [3.05, 3.63) is 83.2 Å².